The smallest absolute Gasteiger partial charge is 0.223 e. The average molecular weight is 359 g/mol. The molecular weight excluding hydrogens is 350 g/mol. The molecule has 0 saturated carbocycles. The number of hydrogen-bond acceptors (Lipinski definition) is 4. The molecule has 0 aliphatic heterocycles. The highest BCUT2D eigenvalue weighted by Crippen LogP contribution is 2.32. The minimum Gasteiger partial charge on any atom is -0.326 e. The van der Waals surface area contributed by atoms with Crippen LogP contribution in [0.15, 0.2) is 44.9 Å². The molecule has 4 nitrogen and oxygen atoms in total. The molecule has 0 bridgehead atoms. The third-order valence-electron chi connectivity index (χ3n) is 2.07. The van der Waals surface area contributed by atoms with E-state index < -0.39 is 0 Å². The van der Waals surface area contributed by atoms with E-state index in [0.29, 0.717) is 0 Å². The Hall–Kier alpha value is -1.11. The van der Waals surface area contributed by atoms with E-state index in [1.807, 2.05) is 24.3 Å². The number of aromatic nitrogens is 2. The second-order valence-electron chi connectivity index (χ2n) is 3.60. The zero-order chi connectivity index (χ0) is 13.8. The van der Waals surface area contributed by atoms with E-state index in [9.17, 15) is 4.79 Å². The van der Waals surface area contributed by atoms with E-state index in [1.165, 1.54) is 18.7 Å². The van der Waals surface area contributed by atoms with Gasteiger partial charge in [-0.3, -0.25) is 4.79 Å². The number of amides is 1. The summed E-state index contributed by atoms with van der Waals surface area (Å²) in [6.45, 7) is 1.47. The van der Waals surface area contributed by atoms with Crippen molar-refractivity contribution < 1.29 is 4.79 Å². The van der Waals surface area contributed by atoms with Crippen molar-refractivity contribution in [3.05, 3.63) is 40.2 Å². The van der Waals surface area contributed by atoms with Gasteiger partial charge in [-0.25, -0.2) is 9.97 Å². The largest absolute Gasteiger partial charge is 0.326 e. The average Bonchev–Trinajstić information content (AvgIpc) is 2.35. The molecule has 0 saturated heterocycles. The number of halogens is 2. The van der Waals surface area contributed by atoms with Gasteiger partial charge < -0.3 is 5.32 Å². The third kappa shape index (κ3) is 4.19. The molecule has 1 N–H and O–H groups in total. The molecule has 2 aromatic rings. The molecular formula is C12H9BrClN3OS. The van der Waals surface area contributed by atoms with E-state index in [0.717, 1.165) is 20.1 Å². The van der Waals surface area contributed by atoms with E-state index in [1.54, 1.807) is 6.20 Å². The molecule has 1 heterocycles. The molecule has 0 spiro atoms. The highest BCUT2D eigenvalue weighted by atomic mass is 79.9. The molecule has 1 aromatic heterocycles. The van der Waals surface area contributed by atoms with Gasteiger partial charge in [0.15, 0.2) is 0 Å². The maximum atomic E-state index is 10.9. The van der Waals surface area contributed by atoms with Crippen LogP contribution in [-0.4, -0.2) is 15.9 Å². The normalized spacial score (nSPS) is 10.3. The van der Waals surface area contributed by atoms with Crippen molar-refractivity contribution in [2.45, 2.75) is 16.8 Å². The Labute approximate surface area is 128 Å². The molecule has 1 aromatic carbocycles. The summed E-state index contributed by atoms with van der Waals surface area (Å²) in [6, 6.07) is 7.47. The minimum absolute atomic E-state index is 0.0919. The molecule has 0 unspecified atom stereocenters. The standard InChI is InChI=1S/C12H9BrClN3OS/c1-7(18)16-8-2-4-9(5-3-8)19-11-10(13)6-15-12(14)17-11/h2-6H,1H3,(H,16,18). The topological polar surface area (TPSA) is 54.9 Å². The van der Waals surface area contributed by atoms with Gasteiger partial charge >= 0.3 is 0 Å². The van der Waals surface area contributed by atoms with E-state index in [2.05, 4.69) is 31.2 Å². The van der Waals surface area contributed by atoms with Crippen molar-refractivity contribution in [3.63, 3.8) is 0 Å². The number of rotatable bonds is 3. The SMILES string of the molecule is CC(=O)Nc1ccc(Sc2nc(Cl)ncc2Br)cc1. The lowest BCUT2D eigenvalue weighted by Gasteiger charge is -2.05. The number of carbonyl (C=O) groups excluding carboxylic acids is 1. The van der Waals surface area contributed by atoms with E-state index in [-0.39, 0.29) is 11.2 Å². The van der Waals surface area contributed by atoms with Gasteiger partial charge in [-0.15, -0.1) is 0 Å². The van der Waals surface area contributed by atoms with Crippen LogP contribution in [-0.2, 0) is 4.79 Å². The molecule has 0 aliphatic carbocycles. The van der Waals surface area contributed by atoms with Crippen LogP contribution in [0.2, 0.25) is 5.28 Å². The number of nitrogens with one attached hydrogen (secondary N) is 1. The van der Waals surface area contributed by atoms with Gasteiger partial charge in [-0.2, -0.15) is 0 Å². The van der Waals surface area contributed by atoms with E-state index >= 15 is 0 Å². The van der Waals surface area contributed by atoms with Crippen LogP contribution < -0.4 is 5.32 Å². The predicted molar refractivity (Wildman–Crippen MR) is 79.6 cm³/mol. The van der Waals surface area contributed by atoms with Gasteiger partial charge in [-0.1, -0.05) is 11.8 Å². The second kappa shape index (κ2) is 6.36. The maximum Gasteiger partial charge on any atom is 0.223 e. The summed E-state index contributed by atoms with van der Waals surface area (Å²) in [4.78, 5) is 19.9. The zero-order valence-corrected chi connectivity index (χ0v) is 13.0. The predicted octanol–water partition coefficient (Wildman–Crippen LogP) is 4.00. The Balaban J connectivity index is 2.15. The van der Waals surface area contributed by atoms with Gasteiger partial charge in [0.2, 0.25) is 11.2 Å². The van der Waals surface area contributed by atoms with E-state index in [4.69, 9.17) is 11.6 Å². The highest BCUT2D eigenvalue weighted by molar-refractivity contribution is 9.10. The highest BCUT2D eigenvalue weighted by Gasteiger charge is 2.06. The summed E-state index contributed by atoms with van der Waals surface area (Å²) in [5.41, 5.74) is 0.761. The van der Waals surface area contributed by atoms with Crippen LogP contribution in [0.25, 0.3) is 0 Å². The van der Waals surface area contributed by atoms with Gasteiger partial charge in [-0.05, 0) is 51.8 Å². The fraction of sp³-hybridized carbons (Fsp3) is 0.0833. The first-order valence-electron chi connectivity index (χ1n) is 5.28. The summed E-state index contributed by atoms with van der Waals surface area (Å²) in [6.07, 6.45) is 1.61. The molecule has 0 fully saturated rings. The van der Waals surface area contributed by atoms with Crippen LogP contribution in [0.1, 0.15) is 6.92 Å². The summed E-state index contributed by atoms with van der Waals surface area (Å²) >= 11 is 10.6. The second-order valence-corrected chi connectivity index (χ2v) is 5.85. The number of benzene rings is 1. The summed E-state index contributed by atoms with van der Waals surface area (Å²) < 4.78 is 0.785. The van der Waals surface area contributed by atoms with Crippen molar-refractivity contribution in [3.8, 4) is 0 Å². The molecule has 7 heteroatoms. The Kier molecular flexibility index (Phi) is 4.79. The summed E-state index contributed by atoms with van der Waals surface area (Å²) in [7, 11) is 0. The molecule has 2 rings (SSSR count). The fourth-order valence-corrected chi connectivity index (χ4v) is 2.72. The Morgan fingerprint density at radius 2 is 2.05 bits per heavy atom. The third-order valence-corrected chi connectivity index (χ3v) is 4.11. The van der Waals surface area contributed by atoms with Crippen molar-refractivity contribution in [2.75, 3.05) is 5.32 Å². The first-order chi connectivity index (χ1) is 9.04. The first-order valence-corrected chi connectivity index (χ1v) is 7.27. The Morgan fingerprint density at radius 1 is 1.37 bits per heavy atom. The lowest BCUT2D eigenvalue weighted by atomic mass is 10.3. The van der Waals surface area contributed by atoms with Gasteiger partial charge in [0.05, 0.1) is 4.47 Å². The van der Waals surface area contributed by atoms with Crippen LogP contribution in [0.4, 0.5) is 5.69 Å². The summed E-state index contributed by atoms with van der Waals surface area (Å²) in [5, 5.41) is 3.66. The van der Waals surface area contributed by atoms with Crippen molar-refractivity contribution in [1.29, 1.82) is 0 Å². The summed E-state index contributed by atoms with van der Waals surface area (Å²) in [5.74, 6) is -0.0919. The quantitative estimate of drug-likeness (QED) is 0.665. The lowest BCUT2D eigenvalue weighted by molar-refractivity contribution is -0.114. The number of anilines is 1. The van der Waals surface area contributed by atoms with Crippen molar-refractivity contribution in [1.82, 2.24) is 9.97 Å². The van der Waals surface area contributed by atoms with Crippen LogP contribution in [0, 0.1) is 0 Å². The van der Waals surface area contributed by atoms with Crippen LogP contribution in [0.5, 0.6) is 0 Å². The molecule has 0 aliphatic rings. The molecule has 98 valence electrons. The maximum absolute atomic E-state index is 10.9. The van der Waals surface area contributed by atoms with Crippen LogP contribution >= 0.6 is 39.3 Å². The monoisotopic (exact) mass is 357 g/mol. The van der Waals surface area contributed by atoms with Crippen LogP contribution in [0.3, 0.4) is 0 Å². The number of carbonyl (C=O) groups is 1. The molecule has 1 amide bonds. The molecule has 19 heavy (non-hydrogen) atoms. The van der Waals surface area contributed by atoms with Crippen molar-refractivity contribution >= 4 is 50.9 Å². The molecule has 0 radical (unpaired) electrons. The number of nitrogens with zero attached hydrogens (tertiary/aromatic N) is 2. The Bertz CT molecular complexity index is 606. The Morgan fingerprint density at radius 3 is 2.68 bits per heavy atom. The lowest BCUT2D eigenvalue weighted by Crippen LogP contribution is -2.05. The van der Waals surface area contributed by atoms with Gasteiger partial charge in [0.25, 0.3) is 0 Å². The fourth-order valence-electron chi connectivity index (χ4n) is 1.32. The minimum atomic E-state index is -0.0919. The van der Waals surface area contributed by atoms with Gasteiger partial charge in [0, 0.05) is 23.7 Å². The zero-order valence-electron chi connectivity index (χ0n) is 9.85. The number of hydrogen-bond donors (Lipinski definition) is 1. The van der Waals surface area contributed by atoms with Crippen molar-refractivity contribution in [2.24, 2.45) is 0 Å². The molecule has 0 atom stereocenters. The van der Waals surface area contributed by atoms with Gasteiger partial charge in [0.1, 0.15) is 5.03 Å². The first kappa shape index (κ1) is 14.3.